The van der Waals surface area contributed by atoms with Crippen LogP contribution in [0, 0.1) is 0 Å². The van der Waals surface area contributed by atoms with Crippen molar-refractivity contribution in [3.63, 3.8) is 0 Å². The van der Waals surface area contributed by atoms with Gasteiger partial charge in [-0.15, -0.1) is 0 Å². The third kappa shape index (κ3) is 3.86. The fraction of sp³-hybridized carbons (Fsp3) is 0.615. The molecule has 1 nitrogen and oxygen atoms in total. The Labute approximate surface area is 96.0 Å². The standard InChI is InChI=1S/C13H21OS/c1-4-15(11(2)3)10-13(14)12-8-6-5-7-9-12/h6,8-9,11H,4-5,7,10H2,1-3H3/q+1. The third-order valence-corrected chi connectivity index (χ3v) is 5.38. The minimum Gasteiger partial charge on any atom is -0.289 e. The number of carbonyl (C=O) groups is 1. The zero-order valence-electron chi connectivity index (χ0n) is 9.95. The van der Waals surface area contributed by atoms with Crippen LogP contribution in [-0.2, 0) is 15.7 Å². The number of allylic oxidation sites excluding steroid dienone is 4. The predicted molar refractivity (Wildman–Crippen MR) is 69.4 cm³/mol. The van der Waals surface area contributed by atoms with Crippen LogP contribution in [0.3, 0.4) is 0 Å². The SMILES string of the molecule is CC[S+](CC(=O)C1=CCCC=C1)C(C)C. The maximum absolute atomic E-state index is 12.0. The van der Waals surface area contributed by atoms with E-state index in [1.54, 1.807) is 0 Å². The number of carbonyl (C=O) groups excluding carboxylic acids is 1. The van der Waals surface area contributed by atoms with Gasteiger partial charge in [0.05, 0.1) is 0 Å². The van der Waals surface area contributed by atoms with Crippen LogP contribution in [0.4, 0.5) is 0 Å². The van der Waals surface area contributed by atoms with Crippen molar-refractivity contribution < 1.29 is 4.79 Å². The molecule has 0 fully saturated rings. The molecular formula is C13H21OS+. The molecule has 0 aromatic rings. The van der Waals surface area contributed by atoms with Crippen LogP contribution in [0.15, 0.2) is 23.8 Å². The lowest BCUT2D eigenvalue weighted by atomic mass is 10.0. The van der Waals surface area contributed by atoms with Gasteiger partial charge in [0.1, 0.15) is 11.0 Å². The summed E-state index contributed by atoms with van der Waals surface area (Å²) in [6, 6.07) is 0. The highest BCUT2D eigenvalue weighted by molar-refractivity contribution is 7.98. The highest BCUT2D eigenvalue weighted by atomic mass is 32.2. The molecule has 1 atom stereocenters. The molecule has 0 aromatic heterocycles. The Kier molecular flexibility index (Phi) is 5.16. The first-order valence-electron chi connectivity index (χ1n) is 5.71. The smallest absolute Gasteiger partial charge is 0.211 e. The molecule has 0 aliphatic heterocycles. The van der Waals surface area contributed by atoms with Gasteiger partial charge < -0.3 is 0 Å². The Bertz CT molecular complexity index is 276. The molecule has 1 unspecified atom stereocenters. The van der Waals surface area contributed by atoms with E-state index in [9.17, 15) is 4.79 Å². The van der Waals surface area contributed by atoms with Gasteiger partial charge >= 0.3 is 0 Å². The molecule has 1 aliphatic carbocycles. The molecule has 0 amide bonds. The van der Waals surface area contributed by atoms with Crippen molar-refractivity contribution in [2.24, 2.45) is 0 Å². The van der Waals surface area contributed by atoms with Crippen molar-refractivity contribution in [2.75, 3.05) is 11.5 Å². The van der Waals surface area contributed by atoms with Gasteiger partial charge in [-0.2, -0.15) is 0 Å². The van der Waals surface area contributed by atoms with Crippen LogP contribution in [0.25, 0.3) is 0 Å². The Hall–Kier alpha value is -0.500. The molecule has 0 spiro atoms. The van der Waals surface area contributed by atoms with Gasteiger partial charge in [0, 0.05) is 5.57 Å². The first-order chi connectivity index (χ1) is 7.15. The van der Waals surface area contributed by atoms with Crippen LogP contribution >= 0.6 is 0 Å². The molecule has 0 radical (unpaired) electrons. The van der Waals surface area contributed by atoms with Crippen LogP contribution in [0.2, 0.25) is 0 Å². The largest absolute Gasteiger partial charge is 0.289 e. The molecular weight excluding hydrogens is 204 g/mol. The fourth-order valence-corrected chi connectivity index (χ4v) is 3.38. The second kappa shape index (κ2) is 6.16. The fourth-order valence-electron chi connectivity index (χ4n) is 1.67. The highest BCUT2D eigenvalue weighted by Gasteiger charge is 2.25. The van der Waals surface area contributed by atoms with Crippen molar-refractivity contribution in [1.82, 2.24) is 0 Å². The summed E-state index contributed by atoms with van der Waals surface area (Å²) in [4.78, 5) is 12.0. The van der Waals surface area contributed by atoms with Crippen molar-refractivity contribution in [2.45, 2.75) is 38.9 Å². The van der Waals surface area contributed by atoms with Crippen molar-refractivity contribution in [3.05, 3.63) is 23.8 Å². The lowest BCUT2D eigenvalue weighted by Crippen LogP contribution is -2.26. The monoisotopic (exact) mass is 225 g/mol. The van der Waals surface area contributed by atoms with E-state index in [-0.39, 0.29) is 10.9 Å². The molecule has 0 saturated carbocycles. The number of rotatable bonds is 5. The second-order valence-corrected chi connectivity index (χ2v) is 6.97. The van der Waals surface area contributed by atoms with Crippen molar-refractivity contribution in [1.29, 1.82) is 0 Å². The van der Waals surface area contributed by atoms with Gasteiger partial charge in [-0.05, 0) is 44.5 Å². The molecule has 15 heavy (non-hydrogen) atoms. The Morgan fingerprint density at radius 3 is 2.67 bits per heavy atom. The van der Waals surface area contributed by atoms with Gasteiger partial charge in [-0.25, -0.2) is 0 Å². The molecule has 84 valence electrons. The third-order valence-electron chi connectivity index (χ3n) is 2.67. The Morgan fingerprint density at radius 1 is 1.47 bits per heavy atom. The summed E-state index contributed by atoms with van der Waals surface area (Å²) in [5, 5.41) is 0.632. The Balaban J connectivity index is 2.54. The summed E-state index contributed by atoms with van der Waals surface area (Å²) >= 11 is 0. The molecule has 0 N–H and O–H groups in total. The van der Waals surface area contributed by atoms with Gasteiger partial charge in [0.2, 0.25) is 5.78 Å². The molecule has 1 aliphatic rings. The van der Waals surface area contributed by atoms with Gasteiger partial charge in [0.15, 0.2) is 5.75 Å². The normalized spacial score (nSPS) is 17.7. The molecule has 0 heterocycles. The van der Waals surface area contributed by atoms with E-state index in [0.29, 0.717) is 11.0 Å². The molecule has 1 rings (SSSR count). The average Bonchev–Trinajstić information content (AvgIpc) is 2.26. The molecule has 0 aromatic carbocycles. The van der Waals surface area contributed by atoms with Crippen molar-refractivity contribution in [3.8, 4) is 0 Å². The summed E-state index contributed by atoms with van der Waals surface area (Å²) < 4.78 is 0. The summed E-state index contributed by atoms with van der Waals surface area (Å²) in [7, 11) is 0.261. The maximum atomic E-state index is 12.0. The first kappa shape index (κ1) is 12.6. The summed E-state index contributed by atoms with van der Waals surface area (Å²) in [5.41, 5.74) is 0.938. The zero-order chi connectivity index (χ0) is 11.3. The molecule has 2 heteroatoms. The Morgan fingerprint density at radius 2 is 2.20 bits per heavy atom. The number of Topliss-reactive ketones (excluding diaryl/α,β-unsaturated/α-hetero) is 1. The van der Waals surface area contributed by atoms with E-state index in [1.165, 1.54) is 0 Å². The summed E-state index contributed by atoms with van der Waals surface area (Å²) in [6.45, 7) is 6.61. The van der Waals surface area contributed by atoms with E-state index in [4.69, 9.17) is 0 Å². The lowest BCUT2D eigenvalue weighted by Gasteiger charge is -2.11. The maximum Gasteiger partial charge on any atom is 0.211 e. The topological polar surface area (TPSA) is 17.1 Å². The zero-order valence-corrected chi connectivity index (χ0v) is 10.8. The van der Waals surface area contributed by atoms with Gasteiger partial charge in [-0.3, -0.25) is 4.79 Å². The van der Waals surface area contributed by atoms with Gasteiger partial charge in [0.25, 0.3) is 0 Å². The van der Waals surface area contributed by atoms with Crippen LogP contribution in [-0.4, -0.2) is 22.5 Å². The number of hydrogen-bond donors (Lipinski definition) is 0. The van der Waals surface area contributed by atoms with Crippen LogP contribution in [0.1, 0.15) is 33.6 Å². The minimum absolute atomic E-state index is 0.261. The molecule has 0 saturated heterocycles. The lowest BCUT2D eigenvalue weighted by molar-refractivity contribution is -0.113. The molecule has 0 bridgehead atoms. The van der Waals surface area contributed by atoms with E-state index in [0.717, 1.165) is 29.9 Å². The quantitative estimate of drug-likeness (QED) is 0.658. The van der Waals surface area contributed by atoms with Crippen molar-refractivity contribution >= 4 is 16.7 Å². The summed E-state index contributed by atoms with van der Waals surface area (Å²) in [6.07, 6.45) is 8.29. The number of hydrogen-bond acceptors (Lipinski definition) is 1. The van der Waals surface area contributed by atoms with Crippen LogP contribution in [0.5, 0.6) is 0 Å². The minimum atomic E-state index is 0.261. The second-order valence-electron chi connectivity index (χ2n) is 4.08. The van der Waals surface area contributed by atoms with Crippen LogP contribution < -0.4 is 0 Å². The number of ketones is 1. The average molecular weight is 225 g/mol. The van der Waals surface area contributed by atoms with E-state index < -0.39 is 0 Å². The van der Waals surface area contributed by atoms with E-state index in [2.05, 4.69) is 32.9 Å². The summed E-state index contributed by atoms with van der Waals surface area (Å²) in [5.74, 6) is 2.20. The predicted octanol–water partition coefficient (Wildman–Crippen LogP) is 2.88. The van der Waals surface area contributed by atoms with Gasteiger partial charge in [-0.1, -0.05) is 18.2 Å². The highest BCUT2D eigenvalue weighted by Crippen LogP contribution is 2.14. The van der Waals surface area contributed by atoms with E-state index >= 15 is 0 Å². The van der Waals surface area contributed by atoms with E-state index in [1.807, 2.05) is 6.08 Å². The first-order valence-corrected chi connectivity index (χ1v) is 7.34.